The Kier molecular flexibility index (Phi) is 2.38. The van der Waals surface area contributed by atoms with Gasteiger partial charge in [-0.15, -0.1) is 0 Å². The summed E-state index contributed by atoms with van der Waals surface area (Å²) in [4.78, 5) is 4.29. The van der Waals surface area contributed by atoms with E-state index >= 15 is 0 Å². The van der Waals surface area contributed by atoms with Crippen LogP contribution in [0.3, 0.4) is 0 Å². The van der Waals surface area contributed by atoms with Gasteiger partial charge in [0.2, 0.25) is 5.95 Å². The Bertz CT molecular complexity index is 718. The van der Waals surface area contributed by atoms with Crippen molar-refractivity contribution < 1.29 is 8.42 Å². The van der Waals surface area contributed by atoms with Crippen LogP contribution in [0.5, 0.6) is 0 Å². The Labute approximate surface area is 106 Å². The summed E-state index contributed by atoms with van der Waals surface area (Å²) >= 11 is 0. The minimum absolute atomic E-state index is 0.0817. The van der Waals surface area contributed by atoms with Crippen molar-refractivity contribution in [3.63, 3.8) is 0 Å². The average Bonchev–Trinajstić information content (AvgIpc) is 2.77. The second-order valence-corrected chi connectivity index (χ2v) is 7.12. The lowest BCUT2D eigenvalue weighted by atomic mass is 10.2. The summed E-state index contributed by atoms with van der Waals surface area (Å²) in [7, 11) is -2.92. The highest BCUT2D eigenvalue weighted by Gasteiger charge is 2.31. The molecule has 2 N–H and O–H groups in total. The van der Waals surface area contributed by atoms with E-state index in [-0.39, 0.29) is 17.5 Å². The SMILES string of the molecule is Cc1ccc2nc(N)n(C3CCS(=O)(=O)C3)c2c1. The summed E-state index contributed by atoms with van der Waals surface area (Å²) in [5, 5.41) is 0. The van der Waals surface area contributed by atoms with Crippen LogP contribution in [-0.2, 0) is 9.84 Å². The number of aryl methyl sites for hydroxylation is 1. The molecule has 0 saturated carbocycles. The van der Waals surface area contributed by atoms with Gasteiger partial charge < -0.3 is 10.3 Å². The number of hydrogen-bond acceptors (Lipinski definition) is 4. The van der Waals surface area contributed by atoms with E-state index < -0.39 is 9.84 Å². The maximum Gasteiger partial charge on any atom is 0.201 e. The third kappa shape index (κ3) is 1.77. The molecule has 0 amide bonds. The highest BCUT2D eigenvalue weighted by atomic mass is 32.2. The summed E-state index contributed by atoms with van der Waals surface area (Å²) in [5.41, 5.74) is 8.79. The zero-order valence-electron chi connectivity index (χ0n) is 10.1. The predicted molar refractivity (Wildman–Crippen MR) is 71.2 cm³/mol. The predicted octanol–water partition coefficient (Wildman–Crippen LogP) is 1.29. The molecule has 96 valence electrons. The first-order valence-electron chi connectivity index (χ1n) is 5.91. The normalized spacial score (nSPS) is 22.6. The Hall–Kier alpha value is -1.56. The van der Waals surface area contributed by atoms with Gasteiger partial charge in [0, 0.05) is 0 Å². The molecule has 0 bridgehead atoms. The molecule has 1 unspecified atom stereocenters. The van der Waals surface area contributed by atoms with Crippen molar-refractivity contribution in [3.05, 3.63) is 23.8 Å². The molecule has 3 rings (SSSR count). The zero-order valence-corrected chi connectivity index (χ0v) is 10.9. The van der Waals surface area contributed by atoms with Gasteiger partial charge in [-0.1, -0.05) is 6.07 Å². The topological polar surface area (TPSA) is 78.0 Å². The lowest BCUT2D eigenvalue weighted by molar-refractivity contribution is 0.575. The van der Waals surface area contributed by atoms with Crippen molar-refractivity contribution in [2.75, 3.05) is 17.2 Å². The molecule has 1 atom stereocenters. The van der Waals surface area contributed by atoms with E-state index in [0.29, 0.717) is 12.4 Å². The number of nitrogens with zero attached hydrogens (tertiary/aromatic N) is 2. The molecule has 1 aliphatic rings. The van der Waals surface area contributed by atoms with Gasteiger partial charge >= 0.3 is 0 Å². The van der Waals surface area contributed by atoms with Crippen LogP contribution in [0, 0.1) is 6.92 Å². The summed E-state index contributed by atoms with van der Waals surface area (Å²) in [6.45, 7) is 2.00. The van der Waals surface area contributed by atoms with Gasteiger partial charge in [0.15, 0.2) is 9.84 Å². The van der Waals surface area contributed by atoms with E-state index in [4.69, 9.17) is 5.73 Å². The van der Waals surface area contributed by atoms with Crippen molar-refractivity contribution in [3.8, 4) is 0 Å². The van der Waals surface area contributed by atoms with Crippen LogP contribution >= 0.6 is 0 Å². The minimum atomic E-state index is -2.92. The number of sulfone groups is 1. The van der Waals surface area contributed by atoms with Gasteiger partial charge in [-0.3, -0.25) is 0 Å². The number of anilines is 1. The molecule has 1 aromatic heterocycles. The van der Waals surface area contributed by atoms with Crippen LogP contribution in [-0.4, -0.2) is 29.5 Å². The third-order valence-electron chi connectivity index (χ3n) is 3.45. The monoisotopic (exact) mass is 265 g/mol. The van der Waals surface area contributed by atoms with E-state index in [2.05, 4.69) is 4.98 Å². The molecule has 2 heterocycles. The van der Waals surface area contributed by atoms with Gasteiger partial charge in [0.25, 0.3) is 0 Å². The van der Waals surface area contributed by atoms with Crippen LogP contribution in [0.1, 0.15) is 18.0 Å². The van der Waals surface area contributed by atoms with Gasteiger partial charge in [0.05, 0.1) is 28.6 Å². The van der Waals surface area contributed by atoms with E-state index in [1.54, 1.807) is 0 Å². The molecule has 1 saturated heterocycles. The first kappa shape index (κ1) is 11.5. The largest absolute Gasteiger partial charge is 0.369 e. The smallest absolute Gasteiger partial charge is 0.201 e. The average molecular weight is 265 g/mol. The molecular weight excluding hydrogens is 250 g/mol. The standard InChI is InChI=1S/C12H15N3O2S/c1-8-2-3-10-11(6-8)15(12(13)14-10)9-4-5-18(16,17)7-9/h2-3,6,9H,4-5,7H2,1H3,(H2,13,14). The first-order chi connectivity index (χ1) is 8.46. The maximum atomic E-state index is 11.6. The molecule has 0 aliphatic carbocycles. The summed E-state index contributed by atoms with van der Waals surface area (Å²) in [6, 6.07) is 5.82. The van der Waals surface area contributed by atoms with Crippen molar-refractivity contribution in [2.45, 2.75) is 19.4 Å². The molecule has 6 heteroatoms. The van der Waals surface area contributed by atoms with E-state index in [9.17, 15) is 8.42 Å². The highest BCUT2D eigenvalue weighted by Crippen LogP contribution is 2.30. The molecule has 18 heavy (non-hydrogen) atoms. The lowest BCUT2D eigenvalue weighted by Gasteiger charge is -2.13. The van der Waals surface area contributed by atoms with Crippen LogP contribution < -0.4 is 5.73 Å². The molecule has 1 fully saturated rings. The van der Waals surface area contributed by atoms with Crippen molar-refractivity contribution >= 4 is 26.8 Å². The van der Waals surface area contributed by atoms with Crippen molar-refractivity contribution in [1.82, 2.24) is 9.55 Å². The van der Waals surface area contributed by atoms with Gasteiger partial charge in [-0.05, 0) is 31.0 Å². The van der Waals surface area contributed by atoms with Crippen LogP contribution in [0.4, 0.5) is 5.95 Å². The second-order valence-electron chi connectivity index (χ2n) is 4.89. The number of fused-ring (bicyclic) bond motifs is 1. The first-order valence-corrected chi connectivity index (χ1v) is 7.73. The maximum absolute atomic E-state index is 11.6. The van der Waals surface area contributed by atoms with E-state index in [1.807, 2.05) is 29.7 Å². The number of rotatable bonds is 1. The van der Waals surface area contributed by atoms with Gasteiger partial charge in [0.1, 0.15) is 0 Å². The Morgan fingerprint density at radius 1 is 1.44 bits per heavy atom. The summed E-state index contributed by atoms with van der Waals surface area (Å²) in [5.74, 6) is 0.803. The van der Waals surface area contributed by atoms with Gasteiger partial charge in [-0.2, -0.15) is 0 Å². The number of hydrogen-bond donors (Lipinski definition) is 1. The van der Waals surface area contributed by atoms with Crippen LogP contribution in [0.2, 0.25) is 0 Å². The van der Waals surface area contributed by atoms with Crippen LogP contribution in [0.25, 0.3) is 11.0 Å². The Balaban J connectivity index is 2.17. The fraction of sp³-hybridized carbons (Fsp3) is 0.417. The summed E-state index contributed by atoms with van der Waals surface area (Å²) in [6.07, 6.45) is 0.617. The third-order valence-corrected chi connectivity index (χ3v) is 5.20. The Morgan fingerprint density at radius 2 is 2.22 bits per heavy atom. The summed E-state index contributed by atoms with van der Waals surface area (Å²) < 4.78 is 25.0. The number of imidazole rings is 1. The van der Waals surface area contributed by atoms with Gasteiger partial charge in [-0.25, -0.2) is 13.4 Å². The van der Waals surface area contributed by atoms with Crippen molar-refractivity contribution in [1.29, 1.82) is 0 Å². The number of nitrogen functional groups attached to an aromatic ring is 1. The number of benzene rings is 1. The Morgan fingerprint density at radius 3 is 2.89 bits per heavy atom. The fourth-order valence-corrected chi connectivity index (χ4v) is 4.28. The molecule has 0 radical (unpaired) electrons. The fourth-order valence-electron chi connectivity index (χ4n) is 2.58. The lowest BCUT2D eigenvalue weighted by Crippen LogP contribution is -2.13. The van der Waals surface area contributed by atoms with Crippen molar-refractivity contribution in [2.24, 2.45) is 0 Å². The molecule has 1 aliphatic heterocycles. The molecule has 2 aromatic rings. The highest BCUT2D eigenvalue weighted by molar-refractivity contribution is 7.91. The quantitative estimate of drug-likeness (QED) is 0.842. The second kappa shape index (κ2) is 3.71. The molecular formula is C12H15N3O2S. The zero-order chi connectivity index (χ0) is 12.9. The number of aromatic nitrogens is 2. The van der Waals surface area contributed by atoms with E-state index in [0.717, 1.165) is 16.6 Å². The molecule has 0 spiro atoms. The minimum Gasteiger partial charge on any atom is -0.369 e. The molecule has 5 nitrogen and oxygen atoms in total. The molecule has 1 aromatic carbocycles. The number of nitrogens with two attached hydrogens (primary N) is 1. The van der Waals surface area contributed by atoms with Crippen LogP contribution in [0.15, 0.2) is 18.2 Å². The van der Waals surface area contributed by atoms with E-state index in [1.165, 1.54) is 0 Å².